The van der Waals surface area contributed by atoms with Crippen LogP contribution in [-0.4, -0.2) is 46.9 Å². The Labute approximate surface area is 128 Å². The molecular formula is C15H20N2O5. The summed E-state index contributed by atoms with van der Waals surface area (Å²) in [6.45, 7) is 4.21. The van der Waals surface area contributed by atoms with Crippen LogP contribution in [0.3, 0.4) is 0 Å². The van der Waals surface area contributed by atoms with Gasteiger partial charge in [-0.2, -0.15) is 0 Å². The topological polar surface area (TPSA) is 99.9 Å². The van der Waals surface area contributed by atoms with Crippen LogP contribution in [0.2, 0.25) is 0 Å². The number of carboxylic acid groups (broad SMARTS) is 1. The number of piperidine rings is 1. The summed E-state index contributed by atoms with van der Waals surface area (Å²) in [4.78, 5) is 37.0. The van der Waals surface area contributed by atoms with Gasteiger partial charge in [0.05, 0.1) is 17.7 Å². The fourth-order valence-corrected chi connectivity index (χ4v) is 2.72. The van der Waals surface area contributed by atoms with E-state index in [1.165, 1.54) is 23.5 Å². The van der Waals surface area contributed by atoms with Gasteiger partial charge in [-0.1, -0.05) is 6.92 Å². The van der Waals surface area contributed by atoms with Crippen LogP contribution in [0.25, 0.3) is 0 Å². The Morgan fingerprint density at radius 1 is 1.41 bits per heavy atom. The number of rotatable bonds is 4. The molecule has 0 spiro atoms. The third-order valence-electron chi connectivity index (χ3n) is 3.82. The summed E-state index contributed by atoms with van der Waals surface area (Å²) >= 11 is 0. The first kappa shape index (κ1) is 16.1. The van der Waals surface area contributed by atoms with Crippen LogP contribution in [0.1, 0.15) is 30.6 Å². The lowest BCUT2D eigenvalue weighted by Crippen LogP contribution is -2.52. The molecule has 1 aromatic rings. The van der Waals surface area contributed by atoms with Gasteiger partial charge in [0.25, 0.3) is 5.91 Å². The smallest absolute Gasteiger partial charge is 0.308 e. The lowest BCUT2D eigenvalue weighted by Gasteiger charge is -2.36. The molecule has 22 heavy (non-hydrogen) atoms. The molecule has 7 heteroatoms. The van der Waals surface area contributed by atoms with Gasteiger partial charge in [-0.05, 0) is 25.3 Å². The van der Waals surface area contributed by atoms with Crippen LogP contribution in [0.5, 0.6) is 0 Å². The number of carboxylic acids is 1. The lowest BCUT2D eigenvalue weighted by molar-refractivity contribution is -0.147. The highest BCUT2D eigenvalue weighted by Crippen LogP contribution is 2.22. The van der Waals surface area contributed by atoms with Crippen LogP contribution in [-0.2, 0) is 9.59 Å². The molecule has 120 valence electrons. The van der Waals surface area contributed by atoms with Crippen molar-refractivity contribution in [2.45, 2.75) is 26.3 Å². The minimum atomic E-state index is -0.889. The molecule has 2 amide bonds. The third-order valence-corrected chi connectivity index (χ3v) is 3.82. The molecule has 1 aromatic heterocycles. The molecule has 2 N–H and O–H groups in total. The van der Waals surface area contributed by atoms with Gasteiger partial charge in [-0.3, -0.25) is 14.4 Å². The van der Waals surface area contributed by atoms with Crippen LogP contribution in [0.4, 0.5) is 0 Å². The van der Waals surface area contributed by atoms with Gasteiger partial charge in [0.1, 0.15) is 12.3 Å². The Hall–Kier alpha value is -2.31. The number of carbonyl (C=O) groups is 3. The van der Waals surface area contributed by atoms with E-state index >= 15 is 0 Å². The second kappa shape index (κ2) is 6.64. The predicted molar refractivity (Wildman–Crippen MR) is 77.1 cm³/mol. The molecule has 2 heterocycles. The Balaban J connectivity index is 1.97. The van der Waals surface area contributed by atoms with E-state index in [1.807, 2.05) is 6.92 Å². The number of hydrogen-bond donors (Lipinski definition) is 2. The second-order valence-corrected chi connectivity index (χ2v) is 5.83. The Bertz CT molecular complexity index is 554. The number of amides is 2. The van der Waals surface area contributed by atoms with E-state index in [4.69, 9.17) is 9.52 Å². The summed E-state index contributed by atoms with van der Waals surface area (Å²) in [5.74, 6) is -1.98. The summed E-state index contributed by atoms with van der Waals surface area (Å²) in [5, 5.41) is 11.7. The maximum atomic E-state index is 12.4. The summed E-state index contributed by atoms with van der Waals surface area (Å²) in [7, 11) is 0. The molecule has 1 saturated heterocycles. The number of aliphatic carboxylic acids is 1. The SMILES string of the molecule is CC1CC(C(=O)O)CN(C(=O)C(C)NC(=O)c2ccoc2)C1. The molecule has 3 unspecified atom stereocenters. The minimum absolute atomic E-state index is 0.121. The van der Waals surface area contributed by atoms with Crippen molar-refractivity contribution in [1.82, 2.24) is 10.2 Å². The predicted octanol–water partition coefficient (Wildman–Crippen LogP) is 0.967. The van der Waals surface area contributed by atoms with Gasteiger partial charge < -0.3 is 19.7 Å². The van der Waals surface area contributed by atoms with Gasteiger partial charge >= 0.3 is 5.97 Å². The number of carbonyl (C=O) groups excluding carboxylic acids is 2. The third kappa shape index (κ3) is 3.66. The molecule has 7 nitrogen and oxygen atoms in total. The zero-order chi connectivity index (χ0) is 16.3. The van der Waals surface area contributed by atoms with Gasteiger partial charge in [0, 0.05) is 13.1 Å². The van der Waals surface area contributed by atoms with E-state index in [1.54, 1.807) is 6.92 Å². The molecule has 1 fully saturated rings. The van der Waals surface area contributed by atoms with Crippen molar-refractivity contribution in [3.63, 3.8) is 0 Å². The van der Waals surface area contributed by atoms with E-state index in [-0.39, 0.29) is 18.4 Å². The zero-order valence-electron chi connectivity index (χ0n) is 12.6. The van der Waals surface area contributed by atoms with E-state index in [9.17, 15) is 14.4 Å². The maximum absolute atomic E-state index is 12.4. The summed E-state index contributed by atoms with van der Waals surface area (Å²) in [5.41, 5.74) is 0.343. The van der Waals surface area contributed by atoms with E-state index in [0.29, 0.717) is 18.5 Å². The number of furan rings is 1. The highest BCUT2D eigenvalue weighted by molar-refractivity contribution is 5.97. The molecule has 0 radical (unpaired) electrons. The highest BCUT2D eigenvalue weighted by atomic mass is 16.4. The van der Waals surface area contributed by atoms with Gasteiger partial charge in [0.15, 0.2) is 0 Å². The molecule has 0 aromatic carbocycles. The van der Waals surface area contributed by atoms with E-state index < -0.39 is 23.8 Å². The van der Waals surface area contributed by atoms with E-state index in [2.05, 4.69) is 5.32 Å². The fourth-order valence-electron chi connectivity index (χ4n) is 2.72. The van der Waals surface area contributed by atoms with E-state index in [0.717, 1.165) is 0 Å². The van der Waals surface area contributed by atoms with Crippen LogP contribution in [0.15, 0.2) is 23.0 Å². The molecule has 3 atom stereocenters. The average molecular weight is 308 g/mol. The fraction of sp³-hybridized carbons (Fsp3) is 0.533. The quantitative estimate of drug-likeness (QED) is 0.863. The zero-order valence-corrected chi connectivity index (χ0v) is 12.6. The summed E-state index contributed by atoms with van der Waals surface area (Å²) < 4.78 is 4.83. The van der Waals surface area contributed by atoms with Crippen molar-refractivity contribution in [2.75, 3.05) is 13.1 Å². The van der Waals surface area contributed by atoms with Crippen molar-refractivity contribution in [3.05, 3.63) is 24.2 Å². The number of nitrogens with one attached hydrogen (secondary N) is 1. The second-order valence-electron chi connectivity index (χ2n) is 5.83. The van der Waals surface area contributed by atoms with Crippen molar-refractivity contribution in [3.8, 4) is 0 Å². The molecule has 2 rings (SSSR count). The molecule has 0 saturated carbocycles. The van der Waals surface area contributed by atoms with Crippen molar-refractivity contribution < 1.29 is 23.9 Å². The van der Waals surface area contributed by atoms with Gasteiger partial charge in [-0.25, -0.2) is 0 Å². The number of hydrogen-bond acceptors (Lipinski definition) is 4. The number of likely N-dealkylation sites (tertiary alicyclic amines) is 1. The van der Waals surface area contributed by atoms with Crippen LogP contribution in [0, 0.1) is 11.8 Å². The standard InChI is InChI=1S/C15H20N2O5/c1-9-5-12(15(20)21)7-17(6-9)14(19)10(2)16-13(18)11-3-4-22-8-11/h3-4,8-10,12H,5-7H2,1-2H3,(H,16,18)(H,20,21). The molecule has 1 aliphatic heterocycles. The molecule has 0 bridgehead atoms. The first-order valence-electron chi connectivity index (χ1n) is 7.23. The van der Waals surface area contributed by atoms with Gasteiger partial charge in [-0.15, -0.1) is 0 Å². The van der Waals surface area contributed by atoms with Crippen LogP contribution >= 0.6 is 0 Å². The average Bonchev–Trinajstić information content (AvgIpc) is 2.99. The maximum Gasteiger partial charge on any atom is 0.308 e. The van der Waals surface area contributed by atoms with Crippen LogP contribution < -0.4 is 5.32 Å². The summed E-state index contributed by atoms with van der Waals surface area (Å²) in [6.07, 6.45) is 3.25. The minimum Gasteiger partial charge on any atom is -0.481 e. The largest absolute Gasteiger partial charge is 0.481 e. The first-order valence-corrected chi connectivity index (χ1v) is 7.23. The number of nitrogens with zero attached hydrogens (tertiary/aromatic N) is 1. The van der Waals surface area contributed by atoms with Crippen molar-refractivity contribution in [2.24, 2.45) is 11.8 Å². The van der Waals surface area contributed by atoms with Crippen molar-refractivity contribution >= 4 is 17.8 Å². The summed E-state index contributed by atoms with van der Waals surface area (Å²) in [6, 6.07) is 0.790. The lowest BCUT2D eigenvalue weighted by atomic mass is 9.90. The Kier molecular flexibility index (Phi) is 4.85. The Morgan fingerprint density at radius 2 is 2.14 bits per heavy atom. The first-order chi connectivity index (χ1) is 10.4. The molecule has 0 aliphatic carbocycles. The normalized spacial score (nSPS) is 22.9. The monoisotopic (exact) mass is 308 g/mol. The highest BCUT2D eigenvalue weighted by Gasteiger charge is 2.33. The molecular weight excluding hydrogens is 288 g/mol. The van der Waals surface area contributed by atoms with Crippen molar-refractivity contribution in [1.29, 1.82) is 0 Å². The molecule has 1 aliphatic rings. The van der Waals surface area contributed by atoms with Gasteiger partial charge in [0.2, 0.25) is 5.91 Å². The Morgan fingerprint density at radius 3 is 2.73 bits per heavy atom.